The summed E-state index contributed by atoms with van der Waals surface area (Å²) in [5, 5.41) is 10.3. The molecule has 6 nitrogen and oxygen atoms in total. The van der Waals surface area contributed by atoms with Gasteiger partial charge < -0.3 is 10.6 Å². The van der Waals surface area contributed by atoms with Crippen LogP contribution in [0.2, 0.25) is 5.02 Å². The predicted octanol–water partition coefficient (Wildman–Crippen LogP) is 2.86. The quantitative estimate of drug-likeness (QED) is 0.829. The number of hydrogen-bond acceptors (Lipinski definition) is 4. The Bertz CT molecular complexity index is 605. The molecule has 2 N–H and O–H groups in total. The predicted molar refractivity (Wildman–Crippen MR) is 84.9 cm³/mol. The average molecular weight is 326 g/mol. The van der Waals surface area contributed by atoms with Crippen molar-refractivity contribution < 1.29 is 4.79 Å². The van der Waals surface area contributed by atoms with Crippen LogP contribution in [-0.2, 0) is 6.54 Å². The van der Waals surface area contributed by atoms with Crippen molar-refractivity contribution in [3.05, 3.63) is 35.9 Å². The van der Waals surface area contributed by atoms with E-state index in [0.717, 1.165) is 4.90 Å². The first-order valence-corrected chi connectivity index (χ1v) is 7.93. The number of anilines is 1. The van der Waals surface area contributed by atoms with Crippen LogP contribution in [0.15, 0.2) is 35.7 Å². The molecule has 0 unspecified atom stereocenters. The van der Waals surface area contributed by atoms with Crippen LogP contribution in [0.25, 0.3) is 0 Å². The normalized spacial score (nSPS) is 12.0. The highest BCUT2D eigenvalue weighted by molar-refractivity contribution is 7.98. The van der Waals surface area contributed by atoms with Gasteiger partial charge in [-0.1, -0.05) is 17.7 Å². The van der Waals surface area contributed by atoms with Crippen molar-refractivity contribution in [2.45, 2.75) is 24.4 Å². The number of nitrogens with zero attached hydrogens (tertiary/aromatic N) is 3. The topological polar surface area (TPSA) is 71.8 Å². The van der Waals surface area contributed by atoms with Crippen LogP contribution in [-0.4, -0.2) is 33.1 Å². The third-order valence-electron chi connectivity index (χ3n) is 2.72. The van der Waals surface area contributed by atoms with Crippen molar-refractivity contribution in [2.24, 2.45) is 0 Å². The summed E-state index contributed by atoms with van der Waals surface area (Å²) in [5.41, 5.74) is 0.695. The lowest BCUT2D eigenvalue weighted by atomic mass is 10.3. The number of hydrogen-bond donors (Lipinski definition) is 2. The molecule has 0 radical (unpaired) electrons. The second-order valence-corrected chi connectivity index (χ2v) is 5.66. The van der Waals surface area contributed by atoms with Crippen molar-refractivity contribution in [1.82, 2.24) is 20.1 Å². The molecule has 0 aliphatic rings. The van der Waals surface area contributed by atoms with E-state index < -0.39 is 0 Å². The minimum atomic E-state index is -0.278. The van der Waals surface area contributed by atoms with E-state index in [1.807, 2.05) is 19.2 Å². The zero-order chi connectivity index (χ0) is 15.2. The Morgan fingerprint density at radius 3 is 3.00 bits per heavy atom. The molecule has 2 amide bonds. The van der Waals surface area contributed by atoms with E-state index in [-0.39, 0.29) is 12.1 Å². The van der Waals surface area contributed by atoms with Crippen molar-refractivity contribution >= 4 is 35.1 Å². The number of thioether (sulfide) groups is 1. The van der Waals surface area contributed by atoms with Gasteiger partial charge in [0.2, 0.25) is 0 Å². The Balaban J connectivity index is 1.94. The molecular weight excluding hydrogens is 310 g/mol. The Labute approximate surface area is 132 Å². The number of urea groups is 1. The van der Waals surface area contributed by atoms with E-state index in [1.165, 1.54) is 18.1 Å². The lowest BCUT2D eigenvalue weighted by Gasteiger charge is -2.16. The summed E-state index contributed by atoms with van der Waals surface area (Å²) < 4.78 is 1.66. The number of rotatable bonds is 5. The summed E-state index contributed by atoms with van der Waals surface area (Å²) >= 11 is 7.59. The molecule has 0 bridgehead atoms. The Morgan fingerprint density at radius 1 is 1.52 bits per heavy atom. The Hall–Kier alpha value is -1.73. The van der Waals surface area contributed by atoms with Gasteiger partial charge in [0.15, 0.2) is 0 Å². The summed E-state index contributed by atoms with van der Waals surface area (Å²) in [6.45, 7) is 2.45. The fourth-order valence-electron chi connectivity index (χ4n) is 1.85. The van der Waals surface area contributed by atoms with Crippen LogP contribution in [0.1, 0.15) is 6.92 Å². The van der Waals surface area contributed by atoms with Crippen LogP contribution >= 0.6 is 23.4 Å². The van der Waals surface area contributed by atoms with Gasteiger partial charge in [-0.15, -0.1) is 11.8 Å². The Kier molecular flexibility index (Phi) is 5.46. The van der Waals surface area contributed by atoms with Gasteiger partial charge in [0.05, 0.1) is 17.3 Å². The molecule has 0 spiro atoms. The maximum atomic E-state index is 12.0. The van der Waals surface area contributed by atoms with Crippen LogP contribution < -0.4 is 10.6 Å². The number of nitrogens with one attached hydrogen (secondary N) is 2. The molecule has 0 fully saturated rings. The van der Waals surface area contributed by atoms with Crippen LogP contribution in [0, 0.1) is 0 Å². The molecule has 2 aromatic rings. The fourth-order valence-corrected chi connectivity index (χ4v) is 2.86. The number of aromatic nitrogens is 3. The summed E-state index contributed by atoms with van der Waals surface area (Å²) in [7, 11) is 0. The summed E-state index contributed by atoms with van der Waals surface area (Å²) in [6.07, 6.45) is 4.99. The van der Waals surface area contributed by atoms with Gasteiger partial charge >= 0.3 is 6.03 Å². The van der Waals surface area contributed by atoms with E-state index in [0.29, 0.717) is 17.3 Å². The molecule has 112 valence electrons. The third-order valence-corrected chi connectivity index (χ3v) is 4.00. The van der Waals surface area contributed by atoms with Gasteiger partial charge in [-0.2, -0.15) is 5.10 Å². The van der Waals surface area contributed by atoms with Gasteiger partial charge in [-0.25, -0.2) is 9.78 Å². The van der Waals surface area contributed by atoms with Gasteiger partial charge in [0.1, 0.15) is 12.7 Å². The summed E-state index contributed by atoms with van der Waals surface area (Å²) in [6, 6.07) is 5.06. The second-order valence-electron chi connectivity index (χ2n) is 4.44. The minimum absolute atomic E-state index is 0.0800. The number of carbonyl (C=O) groups excluding carboxylic acids is 1. The highest BCUT2D eigenvalue weighted by atomic mass is 35.5. The average Bonchev–Trinajstić information content (AvgIpc) is 2.91. The van der Waals surface area contributed by atoms with Crippen molar-refractivity contribution in [1.29, 1.82) is 0 Å². The van der Waals surface area contributed by atoms with Crippen molar-refractivity contribution in [3.8, 4) is 0 Å². The molecule has 1 atom stereocenters. The largest absolute Gasteiger partial charge is 0.334 e. The van der Waals surface area contributed by atoms with Crippen LogP contribution in [0.4, 0.5) is 10.5 Å². The van der Waals surface area contributed by atoms with E-state index in [2.05, 4.69) is 20.7 Å². The molecule has 0 aliphatic carbocycles. The van der Waals surface area contributed by atoms with Crippen molar-refractivity contribution in [3.63, 3.8) is 0 Å². The van der Waals surface area contributed by atoms with Gasteiger partial charge in [-0.3, -0.25) is 4.68 Å². The number of halogens is 1. The van der Waals surface area contributed by atoms with E-state index >= 15 is 0 Å². The lowest BCUT2D eigenvalue weighted by molar-refractivity contribution is 0.247. The number of benzene rings is 1. The molecule has 0 saturated carbocycles. The molecule has 21 heavy (non-hydrogen) atoms. The highest BCUT2D eigenvalue weighted by Crippen LogP contribution is 2.32. The van der Waals surface area contributed by atoms with E-state index in [4.69, 9.17) is 11.6 Å². The molecule has 0 saturated heterocycles. The smallest absolute Gasteiger partial charge is 0.319 e. The molecule has 2 rings (SSSR count). The summed E-state index contributed by atoms with van der Waals surface area (Å²) in [5.74, 6) is 0. The third kappa shape index (κ3) is 4.37. The van der Waals surface area contributed by atoms with Crippen molar-refractivity contribution in [2.75, 3.05) is 11.6 Å². The Morgan fingerprint density at radius 2 is 2.33 bits per heavy atom. The first kappa shape index (κ1) is 15.7. The molecule has 1 aromatic heterocycles. The molecule has 1 heterocycles. The summed E-state index contributed by atoms with van der Waals surface area (Å²) in [4.78, 5) is 16.7. The maximum Gasteiger partial charge on any atom is 0.319 e. The SMILES string of the molecule is CSc1c(Cl)cccc1NC(=O)N[C@@H](C)Cn1cncn1. The van der Waals surface area contributed by atoms with Gasteiger partial charge in [0, 0.05) is 10.9 Å². The van der Waals surface area contributed by atoms with Crippen LogP contribution in [0.5, 0.6) is 0 Å². The maximum absolute atomic E-state index is 12.0. The molecule has 0 aliphatic heterocycles. The number of amides is 2. The monoisotopic (exact) mass is 325 g/mol. The lowest BCUT2D eigenvalue weighted by Crippen LogP contribution is -2.38. The fraction of sp³-hybridized carbons (Fsp3) is 0.308. The standard InChI is InChI=1S/C13H16ClN5OS/c1-9(6-19-8-15-7-16-19)17-13(20)18-11-5-3-4-10(14)12(11)21-2/h3-5,7-9H,6H2,1-2H3,(H2,17,18,20)/t9-/m0/s1. The molecule has 1 aromatic carbocycles. The molecular formula is C13H16ClN5OS. The van der Waals surface area contributed by atoms with E-state index in [1.54, 1.807) is 23.1 Å². The first-order valence-electron chi connectivity index (χ1n) is 6.32. The first-order chi connectivity index (χ1) is 10.1. The van der Waals surface area contributed by atoms with Gasteiger partial charge in [-0.05, 0) is 25.3 Å². The molecule has 8 heteroatoms. The minimum Gasteiger partial charge on any atom is -0.334 e. The number of carbonyl (C=O) groups is 1. The van der Waals surface area contributed by atoms with E-state index in [9.17, 15) is 4.79 Å². The second kappa shape index (κ2) is 7.33. The zero-order valence-electron chi connectivity index (χ0n) is 11.7. The van der Waals surface area contributed by atoms with Crippen LogP contribution in [0.3, 0.4) is 0 Å². The highest BCUT2D eigenvalue weighted by Gasteiger charge is 2.11. The zero-order valence-corrected chi connectivity index (χ0v) is 13.3. The van der Waals surface area contributed by atoms with Gasteiger partial charge in [0.25, 0.3) is 0 Å².